The summed E-state index contributed by atoms with van der Waals surface area (Å²) in [4.78, 5) is 20.4. The molecule has 3 heterocycles. The average molecular weight is 429 g/mol. The van der Waals surface area contributed by atoms with Gasteiger partial charge in [-0.1, -0.05) is 41.9 Å². The highest BCUT2D eigenvalue weighted by atomic mass is 35.5. The standard InChI is InChI=1S/C24H17ClN4O2/c25-18-8-5-16(6-9-18)7-10-22(30)29-24(20-15-27-21-4-2-1-3-19(20)21)31-23(28-29)17-11-13-26-14-12-17/h1-15,24,27H/b10-7-. The third-order valence-corrected chi connectivity index (χ3v) is 5.22. The fourth-order valence-electron chi connectivity index (χ4n) is 3.43. The van der Waals surface area contributed by atoms with E-state index in [4.69, 9.17) is 16.3 Å². The van der Waals surface area contributed by atoms with Gasteiger partial charge in [0.05, 0.1) is 0 Å². The third-order valence-electron chi connectivity index (χ3n) is 4.97. The molecule has 1 atom stereocenters. The van der Waals surface area contributed by atoms with E-state index in [0.717, 1.165) is 27.6 Å². The number of hydrazone groups is 1. The maximum absolute atomic E-state index is 13.1. The smallest absolute Gasteiger partial charge is 0.270 e. The minimum absolute atomic E-state index is 0.297. The van der Waals surface area contributed by atoms with Crippen LogP contribution in [0.1, 0.15) is 22.9 Å². The van der Waals surface area contributed by atoms with Crippen LogP contribution < -0.4 is 0 Å². The number of para-hydroxylation sites is 1. The highest BCUT2D eigenvalue weighted by Crippen LogP contribution is 2.34. The van der Waals surface area contributed by atoms with Crippen molar-refractivity contribution in [3.8, 4) is 0 Å². The largest absolute Gasteiger partial charge is 0.446 e. The van der Waals surface area contributed by atoms with Crippen molar-refractivity contribution in [1.29, 1.82) is 0 Å². The number of aromatic amines is 1. The number of carbonyl (C=O) groups excluding carboxylic acids is 1. The van der Waals surface area contributed by atoms with Crippen LogP contribution >= 0.6 is 11.6 Å². The monoisotopic (exact) mass is 428 g/mol. The quantitative estimate of drug-likeness (QED) is 0.457. The van der Waals surface area contributed by atoms with E-state index in [0.29, 0.717) is 10.9 Å². The number of fused-ring (bicyclic) bond motifs is 1. The van der Waals surface area contributed by atoms with Crippen LogP contribution in [-0.2, 0) is 9.53 Å². The number of H-pyrrole nitrogens is 1. The third kappa shape index (κ3) is 3.81. The highest BCUT2D eigenvalue weighted by Gasteiger charge is 2.35. The molecule has 7 heteroatoms. The van der Waals surface area contributed by atoms with Crippen molar-refractivity contribution >= 4 is 40.4 Å². The minimum Gasteiger partial charge on any atom is -0.446 e. The molecule has 31 heavy (non-hydrogen) atoms. The van der Waals surface area contributed by atoms with Crippen molar-refractivity contribution in [1.82, 2.24) is 15.0 Å². The van der Waals surface area contributed by atoms with Gasteiger partial charge in [-0.3, -0.25) is 9.78 Å². The van der Waals surface area contributed by atoms with Crippen molar-refractivity contribution in [3.05, 3.63) is 107 Å². The molecule has 1 unspecified atom stereocenters. The van der Waals surface area contributed by atoms with E-state index >= 15 is 0 Å². The molecule has 1 aliphatic rings. The summed E-state index contributed by atoms with van der Waals surface area (Å²) in [6.07, 6.45) is 7.68. The molecule has 1 aliphatic heterocycles. The topological polar surface area (TPSA) is 70.6 Å². The Morgan fingerprint density at radius 3 is 2.65 bits per heavy atom. The first-order valence-electron chi connectivity index (χ1n) is 9.67. The number of nitrogens with zero attached hydrogens (tertiary/aromatic N) is 3. The zero-order valence-electron chi connectivity index (χ0n) is 16.3. The molecule has 5 rings (SSSR count). The summed E-state index contributed by atoms with van der Waals surface area (Å²) in [6, 6.07) is 18.7. The van der Waals surface area contributed by atoms with Gasteiger partial charge in [0, 0.05) is 51.7 Å². The van der Waals surface area contributed by atoms with E-state index < -0.39 is 6.23 Å². The predicted molar refractivity (Wildman–Crippen MR) is 120 cm³/mol. The fraction of sp³-hybridized carbons (Fsp3) is 0.0417. The van der Waals surface area contributed by atoms with Gasteiger partial charge in [0.1, 0.15) is 0 Å². The van der Waals surface area contributed by atoms with Crippen LogP contribution in [0.2, 0.25) is 5.02 Å². The van der Waals surface area contributed by atoms with Gasteiger partial charge in [-0.05, 0) is 42.0 Å². The van der Waals surface area contributed by atoms with Crippen LogP contribution in [0, 0.1) is 0 Å². The van der Waals surface area contributed by atoms with Crippen molar-refractivity contribution in [2.75, 3.05) is 0 Å². The summed E-state index contributed by atoms with van der Waals surface area (Å²) in [5.74, 6) is 0.0696. The molecule has 2 aromatic heterocycles. The Labute approximate surface area is 183 Å². The SMILES string of the molecule is O=C(/C=C\c1ccc(Cl)cc1)N1N=C(c2ccncc2)OC1c1c[nH]c2ccccc12. The summed E-state index contributed by atoms with van der Waals surface area (Å²) in [7, 11) is 0. The second kappa shape index (κ2) is 8.08. The first-order valence-corrected chi connectivity index (χ1v) is 10.1. The molecule has 0 fully saturated rings. The lowest BCUT2D eigenvalue weighted by atomic mass is 10.1. The number of halogens is 1. The van der Waals surface area contributed by atoms with E-state index in [2.05, 4.69) is 15.1 Å². The lowest BCUT2D eigenvalue weighted by Gasteiger charge is -2.18. The van der Waals surface area contributed by atoms with Crippen LogP contribution in [0.3, 0.4) is 0 Å². The summed E-state index contributed by atoms with van der Waals surface area (Å²) in [5, 5.41) is 7.46. The Bertz CT molecular complexity index is 1300. The number of pyridine rings is 1. The molecule has 0 spiro atoms. The van der Waals surface area contributed by atoms with E-state index in [1.54, 1.807) is 42.7 Å². The maximum atomic E-state index is 13.1. The maximum Gasteiger partial charge on any atom is 0.270 e. The number of amides is 1. The van der Waals surface area contributed by atoms with Crippen molar-refractivity contribution < 1.29 is 9.53 Å². The van der Waals surface area contributed by atoms with Gasteiger partial charge in [0.25, 0.3) is 5.91 Å². The molecule has 0 radical (unpaired) electrons. The first kappa shape index (κ1) is 19.1. The molecule has 0 saturated heterocycles. The van der Waals surface area contributed by atoms with Gasteiger partial charge < -0.3 is 9.72 Å². The van der Waals surface area contributed by atoms with Crippen LogP contribution in [0.5, 0.6) is 0 Å². The zero-order chi connectivity index (χ0) is 21.2. The lowest BCUT2D eigenvalue weighted by molar-refractivity contribution is -0.132. The molecule has 152 valence electrons. The summed E-state index contributed by atoms with van der Waals surface area (Å²) >= 11 is 5.94. The molecule has 1 amide bonds. The predicted octanol–water partition coefficient (Wildman–Crippen LogP) is 5.15. The lowest BCUT2D eigenvalue weighted by Crippen LogP contribution is -2.26. The number of hydrogen-bond acceptors (Lipinski definition) is 4. The molecule has 0 saturated carbocycles. The Morgan fingerprint density at radius 1 is 1.06 bits per heavy atom. The van der Waals surface area contributed by atoms with E-state index in [1.165, 1.54) is 11.1 Å². The van der Waals surface area contributed by atoms with Crippen LogP contribution in [-0.4, -0.2) is 26.8 Å². The normalized spacial score (nSPS) is 16.0. The Kier molecular flexibility index (Phi) is 4.98. The van der Waals surface area contributed by atoms with E-state index in [1.807, 2.05) is 42.6 Å². The van der Waals surface area contributed by atoms with Crippen LogP contribution in [0.15, 0.2) is 90.4 Å². The molecule has 6 nitrogen and oxygen atoms in total. The van der Waals surface area contributed by atoms with Gasteiger partial charge in [-0.15, -0.1) is 5.10 Å². The van der Waals surface area contributed by atoms with E-state index in [9.17, 15) is 4.79 Å². The molecule has 0 bridgehead atoms. The number of hydrogen-bond donors (Lipinski definition) is 1. The Hall–Kier alpha value is -3.90. The van der Waals surface area contributed by atoms with Gasteiger partial charge in [0.15, 0.2) is 0 Å². The molecule has 1 N–H and O–H groups in total. The first-order chi connectivity index (χ1) is 15.2. The summed E-state index contributed by atoms with van der Waals surface area (Å²) < 4.78 is 6.16. The van der Waals surface area contributed by atoms with Crippen LogP contribution in [0.25, 0.3) is 17.0 Å². The number of nitrogens with one attached hydrogen (secondary N) is 1. The average Bonchev–Trinajstić information content (AvgIpc) is 3.43. The van der Waals surface area contributed by atoms with Gasteiger partial charge in [0.2, 0.25) is 12.1 Å². The van der Waals surface area contributed by atoms with Crippen molar-refractivity contribution in [2.45, 2.75) is 6.23 Å². The Morgan fingerprint density at radius 2 is 1.84 bits per heavy atom. The van der Waals surface area contributed by atoms with Gasteiger partial charge in [-0.25, -0.2) is 0 Å². The van der Waals surface area contributed by atoms with Crippen molar-refractivity contribution in [2.24, 2.45) is 5.10 Å². The summed E-state index contributed by atoms with van der Waals surface area (Å²) in [6.45, 7) is 0. The molecular weight excluding hydrogens is 412 g/mol. The number of ether oxygens (including phenoxy) is 1. The molecule has 2 aromatic carbocycles. The van der Waals surface area contributed by atoms with Crippen molar-refractivity contribution in [3.63, 3.8) is 0 Å². The van der Waals surface area contributed by atoms with Gasteiger partial charge in [-0.2, -0.15) is 5.01 Å². The Balaban J connectivity index is 1.50. The summed E-state index contributed by atoms with van der Waals surface area (Å²) in [5.41, 5.74) is 3.40. The van der Waals surface area contributed by atoms with E-state index in [-0.39, 0.29) is 5.91 Å². The second-order valence-corrected chi connectivity index (χ2v) is 7.40. The number of benzene rings is 2. The highest BCUT2D eigenvalue weighted by molar-refractivity contribution is 6.30. The minimum atomic E-state index is -0.693. The molecular formula is C24H17ClN4O2. The number of carbonyl (C=O) groups is 1. The van der Waals surface area contributed by atoms with Crippen LogP contribution in [0.4, 0.5) is 0 Å². The number of rotatable bonds is 4. The van der Waals surface area contributed by atoms with Gasteiger partial charge >= 0.3 is 0 Å². The molecule has 4 aromatic rings. The zero-order valence-corrected chi connectivity index (χ0v) is 17.0. The fourth-order valence-corrected chi connectivity index (χ4v) is 3.55. The molecule has 0 aliphatic carbocycles. The second-order valence-electron chi connectivity index (χ2n) is 6.97. The number of aromatic nitrogens is 2.